The predicted molar refractivity (Wildman–Crippen MR) is 112 cm³/mol. The molecule has 3 rings (SSSR count). The topological polar surface area (TPSA) is 56.8 Å². The van der Waals surface area contributed by atoms with Crippen LogP contribution in [0.2, 0.25) is 0 Å². The SMILES string of the molecule is COc1ccc(OC)c([C@H](C)NC(=O)c2ccccc2SC[C@H]2CCCO2)c1. The normalized spacial score (nSPS) is 17.2. The van der Waals surface area contributed by atoms with E-state index in [9.17, 15) is 4.79 Å². The summed E-state index contributed by atoms with van der Waals surface area (Å²) >= 11 is 1.68. The number of benzene rings is 2. The van der Waals surface area contributed by atoms with Crippen molar-refractivity contribution in [2.75, 3.05) is 26.6 Å². The van der Waals surface area contributed by atoms with Crippen LogP contribution in [0.15, 0.2) is 47.4 Å². The number of carbonyl (C=O) groups is 1. The minimum atomic E-state index is -0.228. The lowest BCUT2D eigenvalue weighted by molar-refractivity contribution is 0.0936. The average Bonchev–Trinajstić information content (AvgIpc) is 3.25. The van der Waals surface area contributed by atoms with Gasteiger partial charge in [0, 0.05) is 22.8 Å². The van der Waals surface area contributed by atoms with E-state index < -0.39 is 0 Å². The van der Waals surface area contributed by atoms with Crippen molar-refractivity contribution in [3.05, 3.63) is 53.6 Å². The summed E-state index contributed by atoms with van der Waals surface area (Å²) in [4.78, 5) is 13.9. The van der Waals surface area contributed by atoms with Gasteiger partial charge in [-0.25, -0.2) is 0 Å². The molecule has 0 aromatic heterocycles. The lowest BCUT2D eigenvalue weighted by Gasteiger charge is -2.19. The predicted octanol–water partition coefficient (Wildman–Crippen LogP) is 4.47. The molecule has 2 atom stereocenters. The van der Waals surface area contributed by atoms with E-state index in [1.807, 2.05) is 49.4 Å². The molecule has 0 saturated carbocycles. The molecule has 2 aromatic carbocycles. The Labute approximate surface area is 170 Å². The van der Waals surface area contributed by atoms with E-state index in [0.717, 1.165) is 47.2 Å². The highest BCUT2D eigenvalue weighted by molar-refractivity contribution is 7.99. The summed E-state index contributed by atoms with van der Waals surface area (Å²) in [6.45, 7) is 2.78. The number of hydrogen-bond acceptors (Lipinski definition) is 5. The molecule has 28 heavy (non-hydrogen) atoms. The lowest BCUT2D eigenvalue weighted by atomic mass is 10.1. The second-order valence-electron chi connectivity index (χ2n) is 6.75. The first-order valence-corrected chi connectivity index (χ1v) is 10.5. The van der Waals surface area contributed by atoms with Crippen LogP contribution < -0.4 is 14.8 Å². The first kappa shape index (κ1) is 20.6. The zero-order chi connectivity index (χ0) is 19.9. The van der Waals surface area contributed by atoms with Crippen LogP contribution in [0.25, 0.3) is 0 Å². The average molecular weight is 402 g/mol. The van der Waals surface area contributed by atoms with Crippen molar-refractivity contribution < 1.29 is 19.0 Å². The zero-order valence-corrected chi connectivity index (χ0v) is 17.4. The summed E-state index contributed by atoms with van der Waals surface area (Å²) in [6, 6.07) is 13.1. The van der Waals surface area contributed by atoms with E-state index >= 15 is 0 Å². The Bertz CT molecular complexity index is 805. The number of thioether (sulfide) groups is 1. The Balaban J connectivity index is 1.72. The van der Waals surface area contributed by atoms with Crippen molar-refractivity contribution in [2.45, 2.75) is 36.8 Å². The number of carbonyl (C=O) groups excluding carboxylic acids is 1. The van der Waals surface area contributed by atoms with Gasteiger partial charge in [-0.1, -0.05) is 12.1 Å². The summed E-state index contributed by atoms with van der Waals surface area (Å²) in [5.74, 6) is 2.20. The molecule has 0 unspecified atom stereocenters. The van der Waals surface area contributed by atoms with Crippen LogP contribution in [-0.2, 0) is 4.74 Å². The largest absolute Gasteiger partial charge is 0.497 e. The summed E-state index contributed by atoms with van der Waals surface area (Å²) in [5, 5.41) is 3.09. The second kappa shape index (κ2) is 9.85. The molecule has 5 nitrogen and oxygen atoms in total. The standard InChI is InChI=1S/C22H27NO4S/c1-15(19-13-16(25-2)10-11-20(19)26-3)23-22(24)18-8-4-5-9-21(18)28-14-17-7-6-12-27-17/h4-5,8-11,13,15,17H,6-7,12,14H2,1-3H3,(H,23,24)/t15-,17+/m0/s1. The molecule has 2 aromatic rings. The van der Waals surface area contributed by atoms with Gasteiger partial charge < -0.3 is 19.5 Å². The summed E-state index contributed by atoms with van der Waals surface area (Å²) in [7, 11) is 3.24. The van der Waals surface area contributed by atoms with E-state index in [4.69, 9.17) is 14.2 Å². The maximum Gasteiger partial charge on any atom is 0.252 e. The summed E-state index contributed by atoms with van der Waals surface area (Å²) < 4.78 is 16.5. The number of nitrogens with one attached hydrogen (secondary N) is 1. The zero-order valence-electron chi connectivity index (χ0n) is 16.6. The summed E-state index contributed by atoms with van der Waals surface area (Å²) in [5.41, 5.74) is 1.55. The number of amides is 1. The monoisotopic (exact) mass is 401 g/mol. The van der Waals surface area contributed by atoms with E-state index in [1.54, 1.807) is 26.0 Å². The molecule has 1 aliphatic rings. The molecule has 1 N–H and O–H groups in total. The Morgan fingerprint density at radius 1 is 1.25 bits per heavy atom. The molecular weight excluding hydrogens is 374 g/mol. The molecule has 1 aliphatic heterocycles. The Morgan fingerprint density at radius 3 is 2.79 bits per heavy atom. The number of ether oxygens (including phenoxy) is 3. The van der Waals surface area contributed by atoms with Crippen LogP contribution in [0.1, 0.15) is 41.7 Å². The molecular formula is C22H27NO4S. The maximum absolute atomic E-state index is 13.0. The van der Waals surface area contributed by atoms with Gasteiger partial charge in [0.05, 0.1) is 31.9 Å². The van der Waals surface area contributed by atoms with Crippen LogP contribution in [-0.4, -0.2) is 38.6 Å². The number of methoxy groups -OCH3 is 2. The van der Waals surface area contributed by atoms with Crippen molar-refractivity contribution in [3.8, 4) is 11.5 Å². The fraction of sp³-hybridized carbons (Fsp3) is 0.409. The fourth-order valence-electron chi connectivity index (χ4n) is 3.27. The number of rotatable bonds is 8. The van der Waals surface area contributed by atoms with Crippen LogP contribution >= 0.6 is 11.8 Å². The molecule has 0 aliphatic carbocycles. The third kappa shape index (κ3) is 5.00. The molecule has 1 fully saturated rings. The van der Waals surface area contributed by atoms with Gasteiger partial charge >= 0.3 is 0 Å². The minimum Gasteiger partial charge on any atom is -0.497 e. The van der Waals surface area contributed by atoms with Crippen LogP contribution in [0.4, 0.5) is 0 Å². The Morgan fingerprint density at radius 2 is 2.07 bits per heavy atom. The van der Waals surface area contributed by atoms with Gasteiger partial charge in [-0.2, -0.15) is 0 Å². The van der Waals surface area contributed by atoms with Crippen molar-refractivity contribution >= 4 is 17.7 Å². The van der Waals surface area contributed by atoms with Gasteiger partial charge in [0.25, 0.3) is 5.91 Å². The maximum atomic E-state index is 13.0. The van der Waals surface area contributed by atoms with Crippen LogP contribution in [0, 0.1) is 0 Å². The Hall–Kier alpha value is -2.18. The van der Waals surface area contributed by atoms with E-state index in [2.05, 4.69) is 5.32 Å². The summed E-state index contributed by atoms with van der Waals surface area (Å²) in [6.07, 6.45) is 2.49. The van der Waals surface area contributed by atoms with Crippen LogP contribution in [0.3, 0.4) is 0 Å². The molecule has 0 radical (unpaired) electrons. The van der Waals surface area contributed by atoms with E-state index in [1.165, 1.54) is 0 Å². The van der Waals surface area contributed by atoms with Gasteiger partial charge in [-0.3, -0.25) is 4.79 Å². The molecule has 1 saturated heterocycles. The molecule has 0 spiro atoms. The van der Waals surface area contributed by atoms with Gasteiger partial charge in [0.2, 0.25) is 0 Å². The first-order valence-electron chi connectivity index (χ1n) is 9.48. The van der Waals surface area contributed by atoms with Crippen molar-refractivity contribution in [1.82, 2.24) is 5.32 Å². The first-order chi connectivity index (χ1) is 13.6. The van der Waals surface area contributed by atoms with E-state index in [0.29, 0.717) is 5.56 Å². The molecule has 6 heteroatoms. The highest BCUT2D eigenvalue weighted by Crippen LogP contribution is 2.31. The second-order valence-corrected chi connectivity index (χ2v) is 7.81. The number of hydrogen-bond donors (Lipinski definition) is 1. The highest BCUT2D eigenvalue weighted by atomic mass is 32.2. The quantitative estimate of drug-likeness (QED) is 0.662. The van der Waals surface area contributed by atoms with E-state index in [-0.39, 0.29) is 18.1 Å². The molecule has 150 valence electrons. The molecule has 1 amide bonds. The van der Waals surface area contributed by atoms with Crippen LogP contribution in [0.5, 0.6) is 11.5 Å². The molecule has 0 bridgehead atoms. The third-order valence-electron chi connectivity index (χ3n) is 4.83. The minimum absolute atomic E-state index is 0.104. The fourth-order valence-corrected chi connectivity index (χ4v) is 4.39. The highest BCUT2D eigenvalue weighted by Gasteiger charge is 2.20. The molecule has 1 heterocycles. The van der Waals surface area contributed by atoms with Gasteiger partial charge in [0.15, 0.2) is 0 Å². The van der Waals surface area contributed by atoms with Gasteiger partial charge in [-0.15, -0.1) is 11.8 Å². The van der Waals surface area contributed by atoms with Crippen molar-refractivity contribution in [2.24, 2.45) is 0 Å². The lowest BCUT2D eigenvalue weighted by Crippen LogP contribution is -2.27. The Kier molecular flexibility index (Phi) is 7.23. The smallest absolute Gasteiger partial charge is 0.252 e. The van der Waals surface area contributed by atoms with Crippen molar-refractivity contribution in [1.29, 1.82) is 0 Å². The third-order valence-corrected chi connectivity index (χ3v) is 6.04. The van der Waals surface area contributed by atoms with Crippen molar-refractivity contribution in [3.63, 3.8) is 0 Å². The van der Waals surface area contributed by atoms with Gasteiger partial charge in [0.1, 0.15) is 11.5 Å². The van der Waals surface area contributed by atoms with Gasteiger partial charge in [-0.05, 0) is 50.1 Å².